The zero-order valence-electron chi connectivity index (χ0n) is 18.6. The monoisotopic (exact) mass is 478 g/mol. The molecule has 0 radical (unpaired) electrons. The van der Waals surface area contributed by atoms with Gasteiger partial charge in [0.2, 0.25) is 5.91 Å². The zero-order chi connectivity index (χ0) is 23.1. The molecule has 1 aliphatic rings. The minimum Gasteiger partial charge on any atom is -0.378 e. The summed E-state index contributed by atoms with van der Waals surface area (Å²) in [5.41, 5.74) is 2.05. The maximum absolute atomic E-state index is 13.4. The molecule has 0 heterocycles. The maximum atomic E-state index is 13.4. The molecule has 2 aromatic rings. The van der Waals surface area contributed by atoms with Crippen LogP contribution in [-0.4, -0.2) is 40.1 Å². The molecule has 1 amide bonds. The van der Waals surface area contributed by atoms with Gasteiger partial charge < -0.3 is 10.1 Å². The van der Waals surface area contributed by atoms with Gasteiger partial charge in [-0.3, -0.25) is 9.10 Å². The standard InChI is InChI=1S/C24H31ClN2O4S/c1-18-8-11-22(12-9-18)32(29,30)27(23-13-10-20(25)16-19(23)2)17-24(28)26-14-5-15-31-21-6-3-4-7-21/h8-13,16,21H,3-7,14-15,17H2,1-2H3,(H,26,28). The van der Waals surface area contributed by atoms with Crippen LogP contribution >= 0.6 is 11.6 Å². The Bertz CT molecular complexity index is 1020. The second-order valence-corrected chi connectivity index (χ2v) is 10.5. The molecule has 0 atom stereocenters. The van der Waals surface area contributed by atoms with Crippen LogP contribution in [-0.2, 0) is 19.6 Å². The van der Waals surface area contributed by atoms with Crippen LogP contribution in [0.3, 0.4) is 0 Å². The van der Waals surface area contributed by atoms with Crippen LogP contribution in [0.2, 0.25) is 5.02 Å². The van der Waals surface area contributed by atoms with Gasteiger partial charge >= 0.3 is 0 Å². The predicted octanol–water partition coefficient (Wildman–Crippen LogP) is 4.62. The van der Waals surface area contributed by atoms with Crippen LogP contribution in [0.25, 0.3) is 0 Å². The summed E-state index contributed by atoms with van der Waals surface area (Å²) >= 11 is 6.06. The first-order valence-electron chi connectivity index (χ1n) is 11.0. The molecule has 3 rings (SSSR count). The summed E-state index contributed by atoms with van der Waals surface area (Å²) in [6, 6.07) is 11.5. The molecule has 32 heavy (non-hydrogen) atoms. The van der Waals surface area contributed by atoms with Crippen LogP contribution in [0.5, 0.6) is 0 Å². The number of carbonyl (C=O) groups excluding carboxylic acids is 1. The zero-order valence-corrected chi connectivity index (χ0v) is 20.2. The van der Waals surface area contributed by atoms with Crippen LogP contribution < -0.4 is 9.62 Å². The van der Waals surface area contributed by atoms with E-state index in [4.69, 9.17) is 16.3 Å². The molecule has 8 heteroatoms. The molecule has 0 aromatic heterocycles. The van der Waals surface area contributed by atoms with Crippen LogP contribution in [0.1, 0.15) is 43.2 Å². The molecule has 1 fully saturated rings. The van der Waals surface area contributed by atoms with Gasteiger partial charge in [-0.25, -0.2) is 8.42 Å². The second-order valence-electron chi connectivity index (χ2n) is 8.24. The number of hydrogen-bond donors (Lipinski definition) is 1. The van der Waals surface area contributed by atoms with E-state index in [1.807, 2.05) is 6.92 Å². The molecule has 174 valence electrons. The molecule has 0 aliphatic heterocycles. The van der Waals surface area contributed by atoms with E-state index in [1.54, 1.807) is 49.4 Å². The number of benzene rings is 2. The van der Waals surface area contributed by atoms with Crippen molar-refractivity contribution in [2.24, 2.45) is 0 Å². The summed E-state index contributed by atoms with van der Waals surface area (Å²) in [5.74, 6) is -0.365. The average molecular weight is 479 g/mol. The number of hydrogen-bond acceptors (Lipinski definition) is 4. The topological polar surface area (TPSA) is 75.7 Å². The first-order chi connectivity index (χ1) is 15.3. The summed E-state index contributed by atoms with van der Waals surface area (Å²) in [4.78, 5) is 12.8. The van der Waals surface area contributed by atoms with Crippen molar-refractivity contribution in [2.75, 3.05) is 24.0 Å². The number of anilines is 1. The number of rotatable bonds is 10. The van der Waals surface area contributed by atoms with Crippen molar-refractivity contribution in [2.45, 2.75) is 57.0 Å². The van der Waals surface area contributed by atoms with Crippen LogP contribution in [0, 0.1) is 13.8 Å². The lowest BCUT2D eigenvalue weighted by Gasteiger charge is -2.26. The van der Waals surface area contributed by atoms with Crippen molar-refractivity contribution in [1.82, 2.24) is 5.32 Å². The largest absolute Gasteiger partial charge is 0.378 e. The molecule has 1 N–H and O–H groups in total. The Labute approximate surface area is 196 Å². The average Bonchev–Trinajstić information content (AvgIpc) is 3.26. The minimum absolute atomic E-state index is 0.134. The van der Waals surface area contributed by atoms with Gasteiger partial charge in [-0.15, -0.1) is 0 Å². The molecular formula is C24H31ClN2O4S. The summed E-state index contributed by atoms with van der Waals surface area (Å²) in [6.07, 6.45) is 5.69. The van der Waals surface area contributed by atoms with Crippen molar-refractivity contribution in [3.63, 3.8) is 0 Å². The normalized spacial score (nSPS) is 14.5. The smallest absolute Gasteiger partial charge is 0.264 e. The number of aryl methyl sites for hydroxylation is 2. The Kier molecular flexibility index (Phi) is 8.57. The highest BCUT2D eigenvalue weighted by atomic mass is 35.5. The number of halogens is 1. The van der Waals surface area contributed by atoms with Crippen LogP contribution in [0.4, 0.5) is 5.69 Å². The molecule has 0 bridgehead atoms. The lowest BCUT2D eigenvalue weighted by atomic mass is 10.2. The van der Waals surface area contributed by atoms with Gasteiger partial charge in [-0.1, -0.05) is 42.1 Å². The molecule has 0 unspecified atom stereocenters. The lowest BCUT2D eigenvalue weighted by molar-refractivity contribution is -0.119. The molecular weight excluding hydrogens is 448 g/mol. The highest BCUT2D eigenvalue weighted by Crippen LogP contribution is 2.29. The van der Waals surface area contributed by atoms with E-state index >= 15 is 0 Å². The molecule has 1 saturated carbocycles. The summed E-state index contributed by atoms with van der Waals surface area (Å²) in [5, 5.41) is 3.33. The Hall–Kier alpha value is -2.09. The fourth-order valence-electron chi connectivity index (χ4n) is 3.83. The van der Waals surface area contributed by atoms with E-state index in [0.29, 0.717) is 41.9 Å². The first-order valence-corrected chi connectivity index (χ1v) is 12.8. The minimum atomic E-state index is -3.94. The number of nitrogens with zero attached hydrogens (tertiary/aromatic N) is 1. The predicted molar refractivity (Wildman–Crippen MR) is 128 cm³/mol. The van der Waals surface area contributed by atoms with E-state index in [0.717, 1.165) is 22.7 Å². The van der Waals surface area contributed by atoms with Gasteiger partial charge in [-0.05, 0) is 69.0 Å². The van der Waals surface area contributed by atoms with E-state index in [9.17, 15) is 13.2 Å². The lowest BCUT2D eigenvalue weighted by Crippen LogP contribution is -2.41. The van der Waals surface area contributed by atoms with E-state index < -0.39 is 10.0 Å². The SMILES string of the molecule is Cc1ccc(S(=O)(=O)N(CC(=O)NCCCOC2CCCC2)c2ccc(Cl)cc2C)cc1. The quantitative estimate of drug-likeness (QED) is 0.505. The van der Waals surface area contributed by atoms with Crippen molar-refractivity contribution in [3.8, 4) is 0 Å². The molecule has 2 aromatic carbocycles. The fourth-order valence-corrected chi connectivity index (χ4v) is 5.54. The Morgan fingerprint density at radius 2 is 1.81 bits per heavy atom. The van der Waals surface area contributed by atoms with E-state index in [-0.39, 0.29) is 17.3 Å². The summed E-state index contributed by atoms with van der Waals surface area (Å²) < 4.78 is 33.8. The first kappa shape index (κ1) is 24.6. The van der Waals surface area contributed by atoms with Gasteiger partial charge in [0.15, 0.2) is 0 Å². The third kappa shape index (κ3) is 6.47. The molecule has 0 saturated heterocycles. The maximum Gasteiger partial charge on any atom is 0.264 e. The number of amides is 1. The highest BCUT2D eigenvalue weighted by Gasteiger charge is 2.28. The second kappa shape index (κ2) is 11.2. The number of carbonyl (C=O) groups is 1. The van der Waals surface area contributed by atoms with Crippen molar-refractivity contribution < 1.29 is 17.9 Å². The Morgan fingerprint density at radius 3 is 2.47 bits per heavy atom. The molecule has 1 aliphatic carbocycles. The molecule has 0 spiro atoms. The Morgan fingerprint density at radius 1 is 1.12 bits per heavy atom. The third-order valence-corrected chi connectivity index (χ3v) is 7.63. The van der Waals surface area contributed by atoms with Crippen LogP contribution in [0.15, 0.2) is 47.4 Å². The highest BCUT2D eigenvalue weighted by molar-refractivity contribution is 7.92. The van der Waals surface area contributed by atoms with Crippen molar-refractivity contribution in [3.05, 3.63) is 58.6 Å². The number of nitrogens with one attached hydrogen (secondary N) is 1. The Balaban J connectivity index is 1.69. The van der Waals surface area contributed by atoms with Gasteiger partial charge in [0.1, 0.15) is 6.54 Å². The number of ether oxygens (including phenoxy) is 1. The van der Waals surface area contributed by atoms with Crippen molar-refractivity contribution in [1.29, 1.82) is 0 Å². The van der Waals surface area contributed by atoms with E-state index in [1.165, 1.54) is 12.8 Å². The van der Waals surface area contributed by atoms with Gasteiger partial charge in [0, 0.05) is 18.2 Å². The number of sulfonamides is 1. The summed E-state index contributed by atoms with van der Waals surface area (Å²) in [6.45, 7) is 4.37. The molecule has 6 nitrogen and oxygen atoms in total. The van der Waals surface area contributed by atoms with Crippen molar-refractivity contribution >= 4 is 33.2 Å². The third-order valence-electron chi connectivity index (χ3n) is 5.62. The van der Waals surface area contributed by atoms with Gasteiger partial charge in [-0.2, -0.15) is 0 Å². The van der Waals surface area contributed by atoms with Gasteiger partial charge in [0.25, 0.3) is 10.0 Å². The summed E-state index contributed by atoms with van der Waals surface area (Å²) in [7, 11) is -3.94. The van der Waals surface area contributed by atoms with Gasteiger partial charge in [0.05, 0.1) is 16.7 Å². The van der Waals surface area contributed by atoms with E-state index in [2.05, 4.69) is 5.32 Å². The fraction of sp³-hybridized carbons (Fsp3) is 0.458.